The molecule has 4 rings (SSSR count). The van der Waals surface area contributed by atoms with Crippen LogP contribution in [0.3, 0.4) is 0 Å². The number of para-hydroxylation sites is 2. The number of hydrogen-bond acceptors (Lipinski definition) is 4. The van der Waals surface area contributed by atoms with Gasteiger partial charge >= 0.3 is 0 Å². The summed E-state index contributed by atoms with van der Waals surface area (Å²) in [4.78, 5) is 4.39. The minimum Gasteiger partial charge on any atom is -0.457 e. The molecule has 3 aromatic carbocycles. The van der Waals surface area contributed by atoms with Crippen LogP contribution in [0.5, 0.6) is 11.5 Å². The molecule has 0 fully saturated rings. The highest BCUT2D eigenvalue weighted by Crippen LogP contribution is 2.26. The average molecular weight is 381 g/mol. The number of benzene rings is 3. The lowest BCUT2D eigenvalue weighted by molar-refractivity contribution is 0.482. The van der Waals surface area contributed by atoms with Crippen LogP contribution in [0.15, 0.2) is 81.7 Å². The molecule has 4 nitrogen and oxygen atoms in total. The zero-order valence-electron chi connectivity index (χ0n) is 12.6. The van der Waals surface area contributed by atoms with Gasteiger partial charge in [0.15, 0.2) is 5.58 Å². The summed E-state index contributed by atoms with van der Waals surface area (Å²) in [7, 11) is 0. The second-order valence-corrected chi connectivity index (χ2v) is 6.11. The molecule has 1 heterocycles. The molecule has 1 N–H and O–H groups in total. The molecule has 24 heavy (non-hydrogen) atoms. The lowest BCUT2D eigenvalue weighted by Crippen LogP contribution is -1.90. The molecule has 0 unspecified atom stereocenters. The first kappa shape index (κ1) is 14.8. The molecular weight excluding hydrogens is 368 g/mol. The molecule has 0 aliphatic carbocycles. The number of oxazole rings is 1. The minimum atomic E-state index is 0.470. The average Bonchev–Trinajstić information content (AvgIpc) is 3.01. The number of anilines is 2. The Hall–Kier alpha value is -2.79. The Labute approximate surface area is 147 Å². The minimum absolute atomic E-state index is 0.470. The summed E-state index contributed by atoms with van der Waals surface area (Å²) in [6, 6.07) is 23.5. The van der Waals surface area contributed by atoms with Crippen LogP contribution in [-0.2, 0) is 0 Å². The Kier molecular flexibility index (Phi) is 3.92. The van der Waals surface area contributed by atoms with Crippen molar-refractivity contribution in [3.63, 3.8) is 0 Å². The molecule has 118 valence electrons. The van der Waals surface area contributed by atoms with E-state index < -0.39 is 0 Å². The van der Waals surface area contributed by atoms with Crippen molar-refractivity contribution in [2.24, 2.45) is 0 Å². The Morgan fingerprint density at radius 2 is 1.50 bits per heavy atom. The SMILES string of the molecule is Brc1ccc(Oc2ccc(Nc3nc4ccccc4o3)cc2)cc1. The molecule has 4 aromatic rings. The molecule has 0 spiro atoms. The van der Waals surface area contributed by atoms with Crippen LogP contribution in [-0.4, -0.2) is 4.98 Å². The van der Waals surface area contributed by atoms with E-state index in [1.54, 1.807) is 0 Å². The summed E-state index contributed by atoms with van der Waals surface area (Å²) < 4.78 is 12.5. The van der Waals surface area contributed by atoms with E-state index in [0.29, 0.717) is 6.01 Å². The first-order valence-corrected chi connectivity index (χ1v) is 8.22. The van der Waals surface area contributed by atoms with E-state index in [2.05, 4.69) is 26.2 Å². The van der Waals surface area contributed by atoms with E-state index in [-0.39, 0.29) is 0 Å². The molecule has 0 atom stereocenters. The van der Waals surface area contributed by atoms with Crippen molar-refractivity contribution < 1.29 is 9.15 Å². The van der Waals surface area contributed by atoms with Gasteiger partial charge in [-0.05, 0) is 60.7 Å². The lowest BCUT2D eigenvalue weighted by atomic mass is 10.3. The highest BCUT2D eigenvalue weighted by atomic mass is 79.9. The lowest BCUT2D eigenvalue weighted by Gasteiger charge is -2.07. The molecule has 0 radical (unpaired) electrons. The van der Waals surface area contributed by atoms with Crippen molar-refractivity contribution in [3.05, 3.63) is 77.3 Å². The number of hydrogen-bond donors (Lipinski definition) is 1. The molecule has 0 saturated heterocycles. The van der Waals surface area contributed by atoms with Crippen LogP contribution >= 0.6 is 15.9 Å². The molecule has 0 bridgehead atoms. The summed E-state index contributed by atoms with van der Waals surface area (Å²) in [6.45, 7) is 0. The van der Waals surface area contributed by atoms with Crippen molar-refractivity contribution >= 4 is 38.7 Å². The second kappa shape index (κ2) is 6.37. The standard InChI is InChI=1S/C19H13BrN2O2/c20-13-5-9-15(10-6-13)23-16-11-7-14(8-12-16)21-19-22-17-3-1-2-4-18(17)24-19/h1-12H,(H,21,22). The van der Waals surface area contributed by atoms with Crippen molar-refractivity contribution in [3.8, 4) is 11.5 Å². The smallest absolute Gasteiger partial charge is 0.300 e. The first-order valence-electron chi connectivity index (χ1n) is 7.42. The van der Waals surface area contributed by atoms with E-state index in [4.69, 9.17) is 9.15 Å². The van der Waals surface area contributed by atoms with Gasteiger partial charge in [0.1, 0.15) is 17.0 Å². The number of ether oxygens (including phenoxy) is 1. The molecule has 0 amide bonds. The maximum atomic E-state index is 5.80. The van der Waals surface area contributed by atoms with E-state index in [0.717, 1.165) is 32.8 Å². The van der Waals surface area contributed by atoms with Gasteiger partial charge in [-0.3, -0.25) is 0 Å². The van der Waals surface area contributed by atoms with Crippen LogP contribution in [0.4, 0.5) is 11.7 Å². The maximum absolute atomic E-state index is 5.80. The summed E-state index contributed by atoms with van der Waals surface area (Å²) in [5.74, 6) is 1.55. The highest BCUT2D eigenvalue weighted by Gasteiger charge is 2.05. The van der Waals surface area contributed by atoms with Gasteiger partial charge in [0.05, 0.1) is 0 Å². The Morgan fingerprint density at radius 3 is 2.21 bits per heavy atom. The van der Waals surface area contributed by atoms with E-state index in [1.165, 1.54) is 0 Å². The predicted octanol–water partition coefficient (Wildman–Crippen LogP) is 6.13. The quantitative estimate of drug-likeness (QED) is 0.462. The number of fused-ring (bicyclic) bond motifs is 1. The van der Waals surface area contributed by atoms with Gasteiger partial charge in [-0.25, -0.2) is 0 Å². The molecule has 0 aliphatic heterocycles. The fraction of sp³-hybridized carbons (Fsp3) is 0. The van der Waals surface area contributed by atoms with Gasteiger partial charge in [-0.2, -0.15) is 4.98 Å². The fourth-order valence-electron chi connectivity index (χ4n) is 2.29. The fourth-order valence-corrected chi connectivity index (χ4v) is 2.56. The van der Waals surface area contributed by atoms with Crippen LogP contribution in [0.25, 0.3) is 11.1 Å². The van der Waals surface area contributed by atoms with Crippen molar-refractivity contribution in [2.75, 3.05) is 5.32 Å². The molecule has 1 aromatic heterocycles. The molecule has 0 aliphatic rings. The topological polar surface area (TPSA) is 47.3 Å². The maximum Gasteiger partial charge on any atom is 0.300 e. The third kappa shape index (κ3) is 3.26. The highest BCUT2D eigenvalue weighted by molar-refractivity contribution is 9.10. The van der Waals surface area contributed by atoms with E-state index in [1.807, 2.05) is 72.8 Å². The van der Waals surface area contributed by atoms with Crippen molar-refractivity contribution in [1.82, 2.24) is 4.98 Å². The Bertz CT molecular complexity index is 930. The molecule has 5 heteroatoms. The summed E-state index contributed by atoms with van der Waals surface area (Å²) in [6.07, 6.45) is 0. The Balaban J connectivity index is 1.48. The van der Waals surface area contributed by atoms with Gasteiger partial charge in [-0.1, -0.05) is 28.1 Å². The molecule has 0 saturated carbocycles. The normalized spacial score (nSPS) is 10.7. The summed E-state index contributed by atoms with van der Waals surface area (Å²) in [5, 5.41) is 3.15. The van der Waals surface area contributed by atoms with Crippen molar-refractivity contribution in [1.29, 1.82) is 0 Å². The number of nitrogens with zero attached hydrogens (tertiary/aromatic N) is 1. The third-order valence-corrected chi connectivity index (χ3v) is 3.98. The van der Waals surface area contributed by atoms with Gasteiger partial charge in [0, 0.05) is 10.2 Å². The predicted molar refractivity (Wildman–Crippen MR) is 97.9 cm³/mol. The van der Waals surface area contributed by atoms with Gasteiger partial charge in [0.2, 0.25) is 0 Å². The monoisotopic (exact) mass is 380 g/mol. The van der Waals surface area contributed by atoms with E-state index in [9.17, 15) is 0 Å². The van der Waals surface area contributed by atoms with Crippen LogP contribution in [0, 0.1) is 0 Å². The summed E-state index contributed by atoms with van der Waals surface area (Å²) in [5.41, 5.74) is 2.47. The number of aromatic nitrogens is 1. The van der Waals surface area contributed by atoms with E-state index >= 15 is 0 Å². The second-order valence-electron chi connectivity index (χ2n) is 5.19. The van der Waals surface area contributed by atoms with Crippen LogP contribution < -0.4 is 10.1 Å². The first-order chi connectivity index (χ1) is 11.8. The zero-order valence-corrected chi connectivity index (χ0v) is 14.2. The number of nitrogens with one attached hydrogen (secondary N) is 1. The largest absolute Gasteiger partial charge is 0.457 e. The van der Waals surface area contributed by atoms with Crippen molar-refractivity contribution in [2.45, 2.75) is 0 Å². The number of halogens is 1. The number of rotatable bonds is 4. The van der Waals surface area contributed by atoms with Gasteiger partial charge in [-0.15, -0.1) is 0 Å². The zero-order chi connectivity index (χ0) is 16.4. The molecular formula is C19H13BrN2O2. The Morgan fingerprint density at radius 1 is 0.833 bits per heavy atom. The van der Waals surface area contributed by atoms with Crippen LogP contribution in [0.2, 0.25) is 0 Å². The summed E-state index contributed by atoms with van der Waals surface area (Å²) >= 11 is 3.41. The third-order valence-electron chi connectivity index (χ3n) is 3.45. The van der Waals surface area contributed by atoms with Gasteiger partial charge in [0.25, 0.3) is 6.01 Å². The van der Waals surface area contributed by atoms with Crippen LogP contribution in [0.1, 0.15) is 0 Å². The van der Waals surface area contributed by atoms with Gasteiger partial charge < -0.3 is 14.5 Å².